The summed E-state index contributed by atoms with van der Waals surface area (Å²) in [5.74, 6) is -2.26. The molecule has 10 atom stereocenters. The van der Waals surface area contributed by atoms with Crippen LogP contribution in [0, 0.1) is 0 Å². The second kappa shape index (κ2) is 23.9. The number of rotatable bonds is 19. The molecule has 0 N–H and O–H groups in total. The monoisotopic (exact) mass is 922 g/mol. The lowest BCUT2D eigenvalue weighted by atomic mass is 9.96. The number of hydrogen-bond acceptors (Lipinski definition) is 13. The summed E-state index contributed by atoms with van der Waals surface area (Å²) in [6, 6.07) is 54.0. The second-order valence-corrected chi connectivity index (χ2v) is 16.3. The Morgan fingerprint density at radius 3 is 1.28 bits per heavy atom. The first kappa shape index (κ1) is 47.9. The zero-order valence-electron chi connectivity index (χ0n) is 37.7. The third-order valence-corrected chi connectivity index (χ3v) is 11.6. The molecule has 13 heteroatoms. The molecule has 2 aliphatic heterocycles. The summed E-state index contributed by atoms with van der Waals surface area (Å²) in [6.45, 7) is 2.19. The molecule has 2 heterocycles. The van der Waals surface area contributed by atoms with Crippen LogP contribution in [-0.2, 0) is 67.2 Å². The Hall–Kier alpha value is -6.55. The number of benzene rings is 6. The van der Waals surface area contributed by atoms with Crippen LogP contribution >= 0.6 is 0 Å². The molecule has 2 fully saturated rings. The third kappa shape index (κ3) is 12.5. The van der Waals surface area contributed by atoms with E-state index in [4.69, 9.17) is 47.4 Å². The molecule has 6 aromatic carbocycles. The molecule has 2 saturated heterocycles. The molecule has 0 saturated carbocycles. The van der Waals surface area contributed by atoms with Crippen molar-refractivity contribution in [3.63, 3.8) is 0 Å². The lowest BCUT2D eigenvalue weighted by Gasteiger charge is -2.49. The maximum absolute atomic E-state index is 14.2. The van der Waals surface area contributed by atoms with E-state index in [0.29, 0.717) is 0 Å². The number of carbonyl (C=O) groups is 3. The summed E-state index contributed by atoms with van der Waals surface area (Å²) in [5.41, 5.74) is 3.35. The molecule has 13 nitrogen and oxygen atoms in total. The normalized spacial score (nSPS) is 24.6. The Morgan fingerprint density at radius 2 is 0.824 bits per heavy atom. The Kier molecular flexibility index (Phi) is 16.9. The topological polar surface area (TPSA) is 144 Å². The van der Waals surface area contributed by atoms with Crippen molar-refractivity contribution in [2.24, 2.45) is 0 Å². The predicted octanol–water partition coefficient (Wildman–Crippen LogP) is 8.55. The van der Waals surface area contributed by atoms with Crippen LogP contribution in [0.2, 0.25) is 0 Å². The van der Waals surface area contributed by atoms with Gasteiger partial charge in [-0.25, -0.2) is 14.4 Å². The van der Waals surface area contributed by atoms with E-state index in [1.54, 1.807) is 97.9 Å². The van der Waals surface area contributed by atoms with Crippen molar-refractivity contribution in [1.29, 1.82) is 0 Å². The summed E-state index contributed by atoms with van der Waals surface area (Å²) in [6.07, 6.45) is -11.7. The zero-order chi connectivity index (χ0) is 47.1. The lowest BCUT2D eigenvalue weighted by Crippen LogP contribution is -2.66. The molecule has 6 aromatic rings. The minimum absolute atomic E-state index is 0.0174. The number of esters is 3. The van der Waals surface area contributed by atoms with Gasteiger partial charge in [0.05, 0.1) is 49.2 Å². The highest BCUT2D eigenvalue weighted by Crippen LogP contribution is 2.36. The largest absolute Gasteiger partial charge is 0.452 e. The van der Waals surface area contributed by atoms with Crippen LogP contribution in [0.1, 0.15) is 54.7 Å². The summed E-state index contributed by atoms with van der Waals surface area (Å²) in [7, 11) is 1.52. The molecule has 0 amide bonds. The minimum Gasteiger partial charge on any atom is -0.452 e. The summed E-state index contributed by atoms with van der Waals surface area (Å²) < 4.78 is 65.1. The van der Waals surface area contributed by atoms with Gasteiger partial charge in [0.2, 0.25) is 0 Å². The molecule has 0 radical (unpaired) electrons. The van der Waals surface area contributed by atoms with E-state index in [1.807, 2.05) is 91.0 Å². The van der Waals surface area contributed by atoms with E-state index in [0.717, 1.165) is 16.7 Å². The maximum Gasteiger partial charge on any atom is 0.338 e. The van der Waals surface area contributed by atoms with Crippen molar-refractivity contribution >= 4 is 17.9 Å². The van der Waals surface area contributed by atoms with E-state index in [2.05, 4.69) is 0 Å². The fourth-order valence-corrected chi connectivity index (χ4v) is 8.09. The first-order chi connectivity index (χ1) is 33.3. The molecule has 352 valence electrons. The predicted molar refractivity (Wildman–Crippen MR) is 248 cm³/mol. The van der Waals surface area contributed by atoms with E-state index in [-0.39, 0.29) is 43.1 Å². The molecule has 0 bridgehead atoms. The van der Waals surface area contributed by atoms with Gasteiger partial charge in [-0.1, -0.05) is 146 Å². The molecular formula is C55H54O13. The SMILES string of the molecule is CO[C@H]1O[C@H](COCc2ccccc2)[C@@H](O[C@@H]2O[C@@H](C)[C@H](OC(=O)c3ccccc3)[C@@H](OC(=O)c3ccccc3)[C@H]2OC(=O)c2ccccc2)[C@H](OCc2ccccc2)[C@H]1OCc1ccccc1. The van der Waals surface area contributed by atoms with Gasteiger partial charge in [0.1, 0.15) is 24.4 Å². The average molecular weight is 923 g/mol. The smallest absolute Gasteiger partial charge is 0.338 e. The Morgan fingerprint density at radius 1 is 0.426 bits per heavy atom. The van der Waals surface area contributed by atoms with Crippen molar-refractivity contribution in [3.8, 4) is 0 Å². The van der Waals surface area contributed by atoms with E-state index in [9.17, 15) is 14.4 Å². The highest BCUT2D eigenvalue weighted by molar-refractivity contribution is 5.91. The van der Waals surface area contributed by atoms with Crippen LogP contribution < -0.4 is 0 Å². The van der Waals surface area contributed by atoms with Crippen molar-refractivity contribution in [2.75, 3.05) is 13.7 Å². The molecule has 0 unspecified atom stereocenters. The van der Waals surface area contributed by atoms with Crippen LogP contribution in [0.4, 0.5) is 0 Å². The van der Waals surface area contributed by atoms with Crippen LogP contribution in [0.5, 0.6) is 0 Å². The summed E-state index contributed by atoms with van der Waals surface area (Å²) in [5, 5.41) is 0. The van der Waals surface area contributed by atoms with E-state index < -0.39 is 79.3 Å². The van der Waals surface area contributed by atoms with Crippen molar-refractivity contribution in [1.82, 2.24) is 0 Å². The molecule has 0 aromatic heterocycles. The van der Waals surface area contributed by atoms with Gasteiger partial charge in [0.25, 0.3) is 0 Å². The fourth-order valence-electron chi connectivity index (χ4n) is 8.09. The molecule has 0 aliphatic carbocycles. The molecule has 8 rings (SSSR count). The van der Waals surface area contributed by atoms with Gasteiger partial charge in [-0.15, -0.1) is 0 Å². The van der Waals surface area contributed by atoms with Gasteiger partial charge in [-0.2, -0.15) is 0 Å². The summed E-state index contributed by atoms with van der Waals surface area (Å²) >= 11 is 0. The molecule has 2 aliphatic rings. The second-order valence-electron chi connectivity index (χ2n) is 16.3. The number of ether oxygens (including phenoxy) is 10. The van der Waals surface area contributed by atoms with Crippen LogP contribution in [0.3, 0.4) is 0 Å². The molecule has 68 heavy (non-hydrogen) atoms. The van der Waals surface area contributed by atoms with Gasteiger partial charge in [-0.3, -0.25) is 0 Å². The quantitative estimate of drug-likeness (QED) is 0.0566. The van der Waals surface area contributed by atoms with Crippen molar-refractivity contribution < 1.29 is 61.8 Å². The lowest BCUT2D eigenvalue weighted by molar-refractivity contribution is -0.363. The average Bonchev–Trinajstić information content (AvgIpc) is 3.39. The van der Waals surface area contributed by atoms with Crippen LogP contribution in [0.25, 0.3) is 0 Å². The molecule has 0 spiro atoms. The standard InChI is InChI=1S/C55H54O13/c1-37-45(65-51(56)41-27-15-6-16-28-41)48(66-52(57)42-29-17-7-18-30-42)50(67-53(58)43-31-19-8-20-32-43)55(63-37)68-46-44(36-60-33-38-21-9-3-10-22-38)64-54(59-2)49(62-35-40-25-13-5-14-26-40)47(46)61-34-39-23-11-4-12-24-39/h3-32,37,44-50,54-55H,33-36H2,1-2H3/t37-,44+,45-,46+,47-,48+,49+,50+,54-,55-/m0/s1. The van der Waals surface area contributed by atoms with Gasteiger partial charge in [0.15, 0.2) is 30.9 Å². The van der Waals surface area contributed by atoms with Crippen molar-refractivity contribution in [3.05, 3.63) is 215 Å². The number of hydrogen-bond donors (Lipinski definition) is 0. The fraction of sp³-hybridized carbons (Fsp3) is 0.291. The van der Waals surface area contributed by atoms with E-state index in [1.165, 1.54) is 7.11 Å². The highest BCUT2D eigenvalue weighted by atomic mass is 16.8. The first-order valence-electron chi connectivity index (χ1n) is 22.5. The van der Waals surface area contributed by atoms with Gasteiger partial charge < -0.3 is 47.4 Å². The third-order valence-electron chi connectivity index (χ3n) is 11.6. The highest BCUT2D eigenvalue weighted by Gasteiger charge is 2.56. The van der Waals surface area contributed by atoms with Gasteiger partial charge in [-0.05, 0) is 60.0 Å². The molecular weight excluding hydrogens is 869 g/mol. The Balaban J connectivity index is 1.19. The number of methoxy groups -OCH3 is 1. The van der Waals surface area contributed by atoms with E-state index >= 15 is 0 Å². The van der Waals surface area contributed by atoms with Crippen molar-refractivity contribution in [2.45, 2.75) is 88.2 Å². The maximum atomic E-state index is 14.2. The van der Waals surface area contributed by atoms with Crippen LogP contribution in [0.15, 0.2) is 182 Å². The van der Waals surface area contributed by atoms with Gasteiger partial charge >= 0.3 is 17.9 Å². The Labute approximate surface area is 395 Å². The van der Waals surface area contributed by atoms with Gasteiger partial charge in [0, 0.05) is 7.11 Å². The van der Waals surface area contributed by atoms with Crippen LogP contribution in [-0.4, -0.2) is 93.0 Å². The number of carbonyl (C=O) groups excluding carboxylic acids is 3. The first-order valence-corrected chi connectivity index (χ1v) is 22.5. The zero-order valence-corrected chi connectivity index (χ0v) is 37.7. The minimum atomic E-state index is -1.55. The summed E-state index contributed by atoms with van der Waals surface area (Å²) in [4.78, 5) is 42.1. The Bertz CT molecular complexity index is 2460.